The predicted octanol–water partition coefficient (Wildman–Crippen LogP) is 1.00. The molecule has 0 saturated heterocycles. The van der Waals surface area contributed by atoms with Gasteiger partial charge in [0.15, 0.2) is 0 Å². The van der Waals surface area contributed by atoms with Gasteiger partial charge >= 0.3 is 0 Å². The molecule has 6 nitrogen and oxygen atoms in total. The molecule has 0 saturated carbocycles. The highest BCUT2D eigenvalue weighted by molar-refractivity contribution is 5.27. The maximum atomic E-state index is 5.71. The second-order valence-electron chi connectivity index (χ2n) is 4.34. The van der Waals surface area contributed by atoms with Crippen molar-refractivity contribution in [3.63, 3.8) is 0 Å². The Kier molecular flexibility index (Phi) is 4.59. The average molecular weight is 260 g/mol. The van der Waals surface area contributed by atoms with E-state index in [0.29, 0.717) is 6.42 Å². The van der Waals surface area contributed by atoms with Crippen LogP contribution in [0.5, 0.6) is 0 Å². The van der Waals surface area contributed by atoms with Crippen LogP contribution in [0.2, 0.25) is 0 Å². The molecule has 1 atom stereocenters. The van der Waals surface area contributed by atoms with Crippen LogP contribution in [-0.2, 0) is 19.4 Å². The molecule has 19 heavy (non-hydrogen) atoms. The molecule has 3 N–H and O–H groups in total. The van der Waals surface area contributed by atoms with Gasteiger partial charge < -0.3 is 0 Å². The van der Waals surface area contributed by atoms with Gasteiger partial charge in [-0.25, -0.2) is 4.98 Å². The van der Waals surface area contributed by atoms with Crippen molar-refractivity contribution in [3.8, 4) is 0 Å². The molecule has 2 heterocycles. The number of nitrogens with two attached hydrogens (primary N) is 1. The van der Waals surface area contributed by atoms with E-state index >= 15 is 0 Å². The molecule has 1 unspecified atom stereocenters. The summed E-state index contributed by atoms with van der Waals surface area (Å²) in [5, 5.41) is 4.18. The molecule has 102 valence electrons. The average Bonchev–Trinajstić information content (AvgIpc) is 2.92. The lowest BCUT2D eigenvalue weighted by molar-refractivity contribution is 0.507. The Morgan fingerprint density at radius 2 is 2.26 bits per heavy atom. The van der Waals surface area contributed by atoms with E-state index < -0.39 is 0 Å². The Labute approximate surface area is 113 Å². The van der Waals surface area contributed by atoms with E-state index in [1.54, 1.807) is 12.5 Å². The van der Waals surface area contributed by atoms with Gasteiger partial charge in [0.1, 0.15) is 12.2 Å². The van der Waals surface area contributed by atoms with Crippen LogP contribution in [0.3, 0.4) is 0 Å². The van der Waals surface area contributed by atoms with Crippen LogP contribution in [-0.4, -0.2) is 19.7 Å². The summed E-state index contributed by atoms with van der Waals surface area (Å²) >= 11 is 0. The van der Waals surface area contributed by atoms with Crippen LogP contribution >= 0.6 is 0 Å². The van der Waals surface area contributed by atoms with Gasteiger partial charge in [0.25, 0.3) is 0 Å². The van der Waals surface area contributed by atoms with Gasteiger partial charge in [0, 0.05) is 25.4 Å². The number of pyridine rings is 1. The standard InChI is InChI=1S/C13H20N6/c1-3-10-8-15-6-5-11(10)12(18-14)7-13-16-9-17-19(13)4-2/h5-6,8-9,12,18H,3-4,7,14H2,1-2H3. The van der Waals surface area contributed by atoms with Crippen LogP contribution in [0, 0.1) is 0 Å². The molecule has 0 aliphatic carbocycles. The number of nitrogens with one attached hydrogen (secondary N) is 1. The summed E-state index contributed by atoms with van der Waals surface area (Å²) in [4.78, 5) is 8.46. The molecule has 2 aromatic heterocycles. The van der Waals surface area contributed by atoms with Crippen molar-refractivity contribution in [2.75, 3.05) is 0 Å². The lowest BCUT2D eigenvalue weighted by Gasteiger charge is -2.18. The third-order valence-electron chi connectivity index (χ3n) is 3.28. The zero-order chi connectivity index (χ0) is 13.7. The van der Waals surface area contributed by atoms with Gasteiger partial charge in [-0.2, -0.15) is 5.10 Å². The van der Waals surface area contributed by atoms with Crippen molar-refractivity contribution in [2.24, 2.45) is 5.84 Å². The molecule has 0 aliphatic rings. The molecule has 0 amide bonds. The van der Waals surface area contributed by atoms with Gasteiger partial charge in [-0.05, 0) is 30.5 Å². The highest BCUT2D eigenvalue weighted by Crippen LogP contribution is 2.20. The minimum Gasteiger partial charge on any atom is -0.271 e. The fourth-order valence-corrected chi connectivity index (χ4v) is 2.22. The molecule has 6 heteroatoms. The number of aromatic nitrogens is 4. The highest BCUT2D eigenvalue weighted by Gasteiger charge is 2.16. The summed E-state index contributed by atoms with van der Waals surface area (Å²) in [5.41, 5.74) is 5.25. The van der Waals surface area contributed by atoms with Gasteiger partial charge in [-0.15, -0.1) is 0 Å². The zero-order valence-electron chi connectivity index (χ0n) is 11.4. The molecular weight excluding hydrogens is 240 g/mol. The fraction of sp³-hybridized carbons (Fsp3) is 0.462. The molecule has 0 bridgehead atoms. The van der Waals surface area contributed by atoms with E-state index in [-0.39, 0.29) is 6.04 Å². The Morgan fingerprint density at radius 3 is 2.95 bits per heavy atom. The second kappa shape index (κ2) is 6.40. The van der Waals surface area contributed by atoms with Gasteiger partial charge in [-0.1, -0.05) is 6.92 Å². The van der Waals surface area contributed by atoms with Crippen molar-refractivity contribution < 1.29 is 0 Å². The van der Waals surface area contributed by atoms with E-state index in [0.717, 1.165) is 18.8 Å². The fourth-order valence-electron chi connectivity index (χ4n) is 2.22. The Balaban J connectivity index is 2.25. The topological polar surface area (TPSA) is 81.7 Å². The van der Waals surface area contributed by atoms with E-state index in [2.05, 4.69) is 27.4 Å². The number of rotatable bonds is 6. The summed E-state index contributed by atoms with van der Waals surface area (Å²) in [6.45, 7) is 4.97. The SMILES string of the molecule is CCc1cnccc1C(Cc1ncnn1CC)NN. The Hall–Kier alpha value is -1.79. The first-order valence-electron chi connectivity index (χ1n) is 6.55. The second-order valence-corrected chi connectivity index (χ2v) is 4.34. The lowest BCUT2D eigenvalue weighted by atomic mass is 9.98. The third kappa shape index (κ3) is 2.97. The summed E-state index contributed by atoms with van der Waals surface area (Å²) in [7, 11) is 0. The predicted molar refractivity (Wildman–Crippen MR) is 73.1 cm³/mol. The Bertz CT molecular complexity index is 521. The highest BCUT2D eigenvalue weighted by atomic mass is 15.3. The van der Waals surface area contributed by atoms with E-state index in [4.69, 9.17) is 5.84 Å². The first-order chi connectivity index (χ1) is 9.30. The number of hydrogen-bond donors (Lipinski definition) is 2. The van der Waals surface area contributed by atoms with Gasteiger partial charge in [0.2, 0.25) is 0 Å². The monoisotopic (exact) mass is 260 g/mol. The van der Waals surface area contributed by atoms with E-state index in [1.165, 1.54) is 11.1 Å². The van der Waals surface area contributed by atoms with Crippen LogP contribution in [0.15, 0.2) is 24.8 Å². The van der Waals surface area contributed by atoms with Crippen LogP contribution in [0.25, 0.3) is 0 Å². The molecule has 0 spiro atoms. The smallest absolute Gasteiger partial charge is 0.138 e. The first-order valence-corrected chi connectivity index (χ1v) is 6.55. The van der Waals surface area contributed by atoms with E-state index in [1.807, 2.05) is 23.9 Å². The summed E-state index contributed by atoms with van der Waals surface area (Å²) in [5.74, 6) is 6.64. The molecular formula is C13H20N6. The van der Waals surface area contributed by atoms with Crippen molar-refractivity contribution >= 4 is 0 Å². The minimum absolute atomic E-state index is 0.0208. The third-order valence-corrected chi connectivity index (χ3v) is 3.28. The van der Waals surface area contributed by atoms with Crippen molar-refractivity contribution in [1.29, 1.82) is 0 Å². The van der Waals surface area contributed by atoms with Crippen molar-refractivity contribution in [3.05, 3.63) is 41.7 Å². The summed E-state index contributed by atoms with van der Waals surface area (Å²) < 4.78 is 1.89. The number of hydrogen-bond acceptors (Lipinski definition) is 5. The normalized spacial score (nSPS) is 12.6. The van der Waals surface area contributed by atoms with Crippen LogP contribution in [0.1, 0.15) is 36.8 Å². The molecule has 2 rings (SSSR count). The Morgan fingerprint density at radius 1 is 1.42 bits per heavy atom. The van der Waals surface area contributed by atoms with Crippen LogP contribution in [0.4, 0.5) is 0 Å². The summed E-state index contributed by atoms with van der Waals surface area (Å²) in [6.07, 6.45) is 6.91. The molecule has 0 aromatic carbocycles. The van der Waals surface area contributed by atoms with Gasteiger partial charge in [-0.3, -0.25) is 20.9 Å². The van der Waals surface area contributed by atoms with Gasteiger partial charge in [0.05, 0.1) is 6.04 Å². The molecule has 0 aliphatic heterocycles. The maximum Gasteiger partial charge on any atom is 0.138 e. The quantitative estimate of drug-likeness (QED) is 0.598. The minimum atomic E-state index is 0.0208. The number of nitrogens with zero attached hydrogens (tertiary/aromatic N) is 4. The largest absolute Gasteiger partial charge is 0.271 e. The molecule has 0 fully saturated rings. The van der Waals surface area contributed by atoms with E-state index in [9.17, 15) is 0 Å². The van der Waals surface area contributed by atoms with Crippen molar-refractivity contribution in [1.82, 2.24) is 25.2 Å². The zero-order valence-corrected chi connectivity index (χ0v) is 11.4. The number of aryl methyl sites for hydroxylation is 2. The lowest BCUT2D eigenvalue weighted by Crippen LogP contribution is -2.31. The van der Waals surface area contributed by atoms with Crippen LogP contribution < -0.4 is 11.3 Å². The van der Waals surface area contributed by atoms with Crippen molar-refractivity contribution in [2.45, 2.75) is 39.3 Å². The first kappa shape index (κ1) is 13.6. The molecule has 0 radical (unpaired) electrons. The summed E-state index contributed by atoms with van der Waals surface area (Å²) in [6, 6.07) is 2.03. The maximum absolute atomic E-state index is 5.71. The molecule has 2 aromatic rings. The number of hydrazine groups is 1.